The van der Waals surface area contributed by atoms with Crippen LogP contribution in [-0.4, -0.2) is 63.8 Å². The second-order valence-electron chi connectivity index (χ2n) is 10.2. The maximum Gasteiger partial charge on any atom is 0.242 e. The first-order valence-corrected chi connectivity index (χ1v) is 12.9. The van der Waals surface area contributed by atoms with Crippen LogP contribution in [0.4, 0.5) is 11.5 Å². The summed E-state index contributed by atoms with van der Waals surface area (Å²) in [6, 6.07) is 16.7. The van der Waals surface area contributed by atoms with Gasteiger partial charge in [0, 0.05) is 74.1 Å². The van der Waals surface area contributed by atoms with Gasteiger partial charge >= 0.3 is 0 Å². The van der Waals surface area contributed by atoms with E-state index in [9.17, 15) is 9.59 Å². The second-order valence-corrected chi connectivity index (χ2v) is 10.2. The van der Waals surface area contributed by atoms with Gasteiger partial charge in [0.15, 0.2) is 0 Å². The summed E-state index contributed by atoms with van der Waals surface area (Å²) in [6.07, 6.45) is 2.42. The van der Waals surface area contributed by atoms with Gasteiger partial charge in [0.2, 0.25) is 11.8 Å². The van der Waals surface area contributed by atoms with Gasteiger partial charge in [-0.25, -0.2) is 4.68 Å². The summed E-state index contributed by atoms with van der Waals surface area (Å²) in [4.78, 5) is 32.1. The van der Waals surface area contributed by atoms with Crippen molar-refractivity contribution < 1.29 is 9.59 Å². The molecule has 0 atom stereocenters. The maximum absolute atomic E-state index is 13.3. The van der Waals surface area contributed by atoms with Crippen molar-refractivity contribution >= 4 is 34.2 Å². The molecule has 0 unspecified atom stereocenters. The predicted molar refractivity (Wildman–Crippen MR) is 146 cm³/mol. The number of para-hydroxylation sites is 1. The first-order chi connectivity index (χ1) is 17.9. The third-order valence-corrected chi connectivity index (χ3v) is 7.68. The van der Waals surface area contributed by atoms with Crippen molar-refractivity contribution in [1.29, 1.82) is 0 Å². The number of carbonyl (C=O) groups is 2. The van der Waals surface area contributed by atoms with Gasteiger partial charge in [-0.1, -0.05) is 30.3 Å². The molecule has 0 spiro atoms. The second kappa shape index (κ2) is 9.10. The molecule has 8 heteroatoms. The smallest absolute Gasteiger partial charge is 0.242 e. The lowest BCUT2D eigenvalue weighted by Crippen LogP contribution is -2.52. The summed E-state index contributed by atoms with van der Waals surface area (Å²) < 4.78 is 3.96. The topological polar surface area (TPSA) is 66.6 Å². The number of aromatic nitrogens is 3. The summed E-state index contributed by atoms with van der Waals surface area (Å²) in [7, 11) is 2.02. The number of benzene rings is 2. The molecule has 190 valence electrons. The van der Waals surface area contributed by atoms with Crippen molar-refractivity contribution in [2.24, 2.45) is 7.05 Å². The highest BCUT2D eigenvalue weighted by molar-refractivity contribution is 6.00. The van der Waals surface area contributed by atoms with E-state index in [1.807, 2.05) is 34.8 Å². The van der Waals surface area contributed by atoms with E-state index < -0.39 is 0 Å². The molecule has 0 saturated carbocycles. The number of hydrogen-bond acceptors (Lipinski definition) is 4. The minimum atomic E-state index is -0.0285. The van der Waals surface area contributed by atoms with Crippen LogP contribution < -0.4 is 9.80 Å². The molecule has 4 aromatic rings. The van der Waals surface area contributed by atoms with E-state index in [4.69, 9.17) is 5.10 Å². The van der Waals surface area contributed by atoms with Crippen LogP contribution in [0.15, 0.2) is 54.7 Å². The highest BCUT2D eigenvalue weighted by atomic mass is 16.2. The molecule has 6 rings (SSSR count). The van der Waals surface area contributed by atoms with Gasteiger partial charge in [0.1, 0.15) is 12.4 Å². The normalized spacial score (nSPS) is 16.0. The first kappa shape index (κ1) is 23.3. The number of aryl methyl sites for hydroxylation is 4. The lowest BCUT2D eigenvalue weighted by molar-refractivity contribution is -0.132. The van der Waals surface area contributed by atoms with Crippen molar-refractivity contribution in [2.75, 3.05) is 42.5 Å². The van der Waals surface area contributed by atoms with Gasteiger partial charge < -0.3 is 14.4 Å². The molecule has 8 nitrogen and oxygen atoms in total. The molecule has 0 bridgehead atoms. The quantitative estimate of drug-likeness (QED) is 0.432. The van der Waals surface area contributed by atoms with E-state index in [0.717, 1.165) is 35.2 Å². The van der Waals surface area contributed by atoms with Crippen molar-refractivity contribution in [3.8, 4) is 11.3 Å². The van der Waals surface area contributed by atoms with Crippen LogP contribution in [0.5, 0.6) is 0 Å². The van der Waals surface area contributed by atoms with Crippen LogP contribution >= 0.6 is 0 Å². The highest BCUT2D eigenvalue weighted by Gasteiger charge is 2.31. The molecule has 2 aliphatic rings. The van der Waals surface area contributed by atoms with Gasteiger partial charge in [-0.15, -0.1) is 0 Å². The minimum Gasteiger partial charge on any atom is -0.368 e. The Morgan fingerprint density at radius 3 is 2.57 bits per heavy atom. The molecular formula is C29H32N6O2. The van der Waals surface area contributed by atoms with Crippen LogP contribution in [0.25, 0.3) is 22.2 Å². The van der Waals surface area contributed by atoms with Crippen LogP contribution in [0.1, 0.15) is 17.5 Å². The molecule has 2 aliphatic heterocycles. The number of anilines is 2. The van der Waals surface area contributed by atoms with Gasteiger partial charge in [-0.05, 0) is 37.1 Å². The third kappa shape index (κ3) is 4.16. The molecule has 37 heavy (non-hydrogen) atoms. The SMILES string of the molecule is Cc1ccc(C)c(N2CCN(C(=O)CN3C(=O)CCn4nc(-c5cn(C)c6ccccc56)cc43)CC2)c1. The maximum atomic E-state index is 13.3. The lowest BCUT2D eigenvalue weighted by Gasteiger charge is -2.38. The van der Waals surface area contributed by atoms with Crippen molar-refractivity contribution in [1.82, 2.24) is 19.2 Å². The number of rotatable bonds is 4. The molecule has 0 N–H and O–H groups in total. The Kier molecular flexibility index (Phi) is 5.74. The Bertz CT molecular complexity index is 1510. The van der Waals surface area contributed by atoms with Crippen LogP contribution in [0.2, 0.25) is 0 Å². The Morgan fingerprint density at radius 1 is 0.973 bits per heavy atom. The molecule has 1 saturated heterocycles. The molecule has 2 aromatic heterocycles. The zero-order valence-corrected chi connectivity index (χ0v) is 21.6. The predicted octanol–water partition coefficient (Wildman–Crippen LogP) is 3.74. The van der Waals surface area contributed by atoms with Crippen molar-refractivity contribution in [3.63, 3.8) is 0 Å². The molecule has 4 heterocycles. The zero-order valence-electron chi connectivity index (χ0n) is 21.6. The summed E-state index contributed by atoms with van der Waals surface area (Å²) in [6.45, 7) is 7.67. The number of amides is 2. The third-order valence-electron chi connectivity index (χ3n) is 7.68. The van der Waals surface area contributed by atoms with E-state index in [0.29, 0.717) is 31.9 Å². The van der Waals surface area contributed by atoms with Gasteiger partial charge in [0.05, 0.1) is 12.2 Å². The Labute approximate surface area is 216 Å². The summed E-state index contributed by atoms with van der Waals surface area (Å²) in [5.74, 6) is 0.649. The van der Waals surface area contributed by atoms with E-state index >= 15 is 0 Å². The van der Waals surface area contributed by atoms with Crippen LogP contribution in [0, 0.1) is 13.8 Å². The van der Waals surface area contributed by atoms with Crippen molar-refractivity contribution in [3.05, 3.63) is 65.9 Å². The number of hydrogen-bond donors (Lipinski definition) is 0. The lowest BCUT2D eigenvalue weighted by atomic mass is 10.1. The van der Waals surface area contributed by atoms with Gasteiger partial charge in [-0.2, -0.15) is 5.10 Å². The zero-order chi connectivity index (χ0) is 25.7. The Morgan fingerprint density at radius 2 is 1.76 bits per heavy atom. The largest absolute Gasteiger partial charge is 0.368 e. The highest BCUT2D eigenvalue weighted by Crippen LogP contribution is 2.33. The number of fused-ring (bicyclic) bond motifs is 2. The number of piperazine rings is 1. The molecule has 0 aliphatic carbocycles. The van der Waals surface area contributed by atoms with E-state index in [-0.39, 0.29) is 18.4 Å². The molecule has 2 aromatic carbocycles. The van der Waals surface area contributed by atoms with Crippen LogP contribution in [-0.2, 0) is 23.2 Å². The fourth-order valence-corrected chi connectivity index (χ4v) is 5.59. The molecule has 2 amide bonds. The van der Waals surface area contributed by atoms with Crippen molar-refractivity contribution in [2.45, 2.75) is 26.8 Å². The standard InChI is InChI=1S/C29H32N6O2/c1-20-8-9-21(2)26(16-20)32-12-14-33(15-13-32)29(37)19-34-27-17-24(30-35(27)11-10-28(34)36)23-18-31(3)25-7-5-4-6-22(23)25/h4-9,16-18H,10-15,19H2,1-3H3. The summed E-state index contributed by atoms with van der Waals surface area (Å²) in [5, 5.41) is 5.95. The minimum absolute atomic E-state index is 0.0182. The molecule has 0 radical (unpaired) electrons. The molecular weight excluding hydrogens is 464 g/mol. The van der Waals surface area contributed by atoms with Gasteiger partial charge in [-0.3, -0.25) is 14.5 Å². The summed E-state index contributed by atoms with van der Waals surface area (Å²) >= 11 is 0. The number of nitrogens with zero attached hydrogens (tertiary/aromatic N) is 6. The van der Waals surface area contributed by atoms with Gasteiger partial charge in [0.25, 0.3) is 0 Å². The first-order valence-electron chi connectivity index (χ1n) is 12.9. The monoisotopic (exact) mass is 496 g/mol. The molecule has 1 fully saturated rings. The number of carbonyl (C=O) groups excluding carboxylic acids is 2. The van der Waals surface area contributed by atoms with E-state index in [1.165, 1.54) is 16.8 Å². The van der Waals surface area contributed by atoms with E-state index in [1.54, 1.807) is 4.90 Å². The Balaban J connectivity index is 1.19. The Hall–Kier alpha value is -4.07. The summed E-state index contributed by atoms with van der Waals surface area (Å²) in [5.41, 5.74) is 6.71. The van der Waals surface area contributed by atoms with Crippen LogP contribution in [0.3, 0.4) is 0 Å². The fourth-order valence-electron chi connectivity index (χ4n) is 5.59. The fraction of sp³-hybridized carbons (Fsp3) is 0.345. The average molecular weight is 497 g/mol. The average Bonchev–Trinajstić information content (AvgIpc) is 3.49. The van der Waals surface area contributed by atoms with E-state index in [2.05, 4.69) is 59.8 Å².